The van der Waals surface area contributed by atoms with Crippen LogP contribution in [0.1, 0.15) is 39.0 Å². The SMILES string of the molecule is CCNCC1CCCOC1C1CC=CCC1. The molecule has 1 N–H and O–H groups in total. The van der Waals surface area contributed by atoms with Crippen LogP contribution in [0.3, 0.4) is 0 Å². The van der Waals surface area contributed by atoms with E-state index in [-0.39, 0.29) is 0 Å². The molecule has 1 aliphatic heterocycles. The molecule has 1 saturated heterocycles. The Morgan fingerprint density at radius 3 is 3.00 bits per heavy atom. The topological polar surface area (TPSA) is 21.3 Å². The molecule has 0 aromatic carbocycles. The molecule has 0 saturated carbocycles. The number of rotatable bonds is 4. The molecule has 2 nitrogen and oxygen atoms in total. The summed E-state index contributed by atoms with van der Waals surface area (Å²) in [5.74, 6) is 1.51. The molecular weight excluding hydrogens is 198 g/mol. The highest BCUT2D eigenvalue weighted by Gasteiger charge is 2.32. The molecule has 1 fully saturated rings. The Morgan fingerprint density at radius 2 is 2.25 bits per heavy atom. The maximum Gasteiger partial charge on any atom is 0.0646 e. The van der Waals surface area contributed by atoms with E-state index in [0.29, 0.717) is 6.10 Å². The molecule has 0 amide bonds. The van der Waals surface area contributed by atoms with Crippen LogP contribution in [0, 0.1) is 11.8 Å². The van der Waals surface area contributed by atoms with Crippen LogP contribution >= 0.6 is 0 Å². The van der Waals surface area contributed by atoms with Gasteiger partial charge in [0.15, 0.2) is 0 Å². The van der Waals surface area contributed by atoms with Crippen molar-refractivity contribution in [1.29, 1.82) is 0 Å². The van der Waals surface area contributed by atoms with Crippen molar-refractivity contribution in [3.8, 4) is 0 Å². The lowest BCUT2D eigenvalue weighted by Gasteiger charge is -2.38. The first kappa shape index (κ1) is 12.1. The molecule has 2 rings (SSSR count). The van der Waals surface area contributed by atoms with Gasteiger partial charge in [0, 0.05) is 13.2 Å². The van der Waals surface area contributed by atoms with Gasteiger partial charge in [-0.25, -0.2) is 0 Å². The average molecular weight is 223 g/mol. The Balaban J connectivity index is 1.89. The van der Waals surface area contributed by atoms with Gasteiger partial charge in [0.05, 0.1) is 6.10 Å². The van der Waals surface area contributed by atoms with E-state index in [9.17, 15) is 0 Å². The second-order valence-electron chi connectivity index (χ2n) is 5.09. The monoisotopic (exact) mass is 223 g/mol. The fraction of sp³-hybridized carbons (Fsp3) is 0.857. The zero-order valence-corrected chi connectivity index (χ0v) is 10.5. The molecular formula is C14H25NO. The molecule has 2 aliphatic rings. The number of ether oxygens (including phenoxy) is 1. The summed E-state index contributed by atoms with van der Waals surface area (Å²) in [6.07, 6.45) is 11.6. The van der Waals surface area contributed by atoms with E-state index in [1.165, 1.54) is 32.1 Å². The van der Waals surface area contributed by atoms with Gasteiger partial charge in [0.2, 0.25) is 0 Å². The average Bonchev–Trinajstić information content (AvgIpc) is 2.38. The quantitative estimate of drug-likeness (QED) is 0.740. The molecule has 2 heteroatoms. The first-order chi connectivity index (χ1) is 7.92. The van der Waals surface area contributed by atoms with E-state index in [1.807, 2.05) is 0 Å². The van der Waals surface area contributed by atoms with Crippen molar-refractivity contribution in [3.63, 3.8) is 0 Å². The summed E-state index contributed by atoms with van der Waals surface area (Å²) in [4.78, 5) is 0. The molecule has 0 radical (unpaired) electrons. The van der Waals surface area contributed by atoms with Gasteiger partial charge in [-0.3, -0.25) is 0 Å². The summed E-state index contributed by atoms with van der Waals surface area (Å²) in [6, 6.07) is 0. The van der Waals surface area contributed by atoms with Gasteiger partial charge in [-0.1, -0.05) is 19.1 Å². The van der Waals surface area contributed by atoms with Crippen LogP contribution in [0.25, 0.3) is 0 Å². The zero-order valence-electron chi connectivity index (χ0n) is 10.5. The normalized spacial score (nSPS) is 35.2. The maximum absolute atomic E-state index is 6.05. The summed E-state index contributed by atoms with van der Waals surface area (Å²) in [7, 11) is 0. The standard InChI is InChI=1S/C14H25NO/c1-2-15-11-13-9-6-10-16-14(13)12-7-4-3-5-8-12/h3-4,12-15H,2,5-11H2,1H3. The van der Waals surface area contributed by atoms with Gasteiger partial charge in [0.25, 0.3) is 0 Å². The third-order valence-electron chi connectivity index (χ3n) is 3.92. The predicted molar refractivity (Wildman–Crippen MR) is 67.5 cm³/mol. The molecule has 1 heterocycles. The van der Waals surface area contributed by atoms with Crippen molar-refractivity contribution in [2.24, 2.45) is 11.8 Å². The highest BCUT2D eigenvalue weighted by molar-refractivity contribution is 4.95. The fourth-order valence-electron chi connectivity index (χ4n) is 3.05. The number of hydrogen-bond donors (Lipinski definition) is 1. The minimum absolute atomic E-state index is 0.512. The van der Waals surface area contributed by atoms with Gasteiger partial charge in [-0.15, -0.1) is 0 Å². The maximum atomic E-state index is 6.05. The summed E-state index contributed by atoms with van der Waals surface area (Å²) in [6.45, 7) is 5.38. The number of hydrogen-bond acceptors (Lipinski definition) is 2. The summed E-state index contributed by atoms with van der Waals surface area (Å²) in [5, 5.41) is 3.49. The molecule has 0 aromatic heterocycles. The van der Waals surface area contributed by atoms with Gasteiger partial charge >= 0.3 is 0 Å². The lowest BCUT2D eigenvalue weighted by atomic mass is 9.80. The molecule has 0 spiro atoms. The molecule has 0 aromatic rings. The molecule has 3 atom stereocenters. The van der Waals surface area contributed by atoms with Gasteiger partial charge in [0.1, 0.15) is 0 Å². The minimum Gasteiger partial charge on any atom is -0.378 e. The van der Waals surface area contributed by atoms with Crippen LogP contribution in [-0.2, 0) is 4.74 Å². The van der Waals surface area contributed by atoms with Crippen molar-refractivity contribution in [2.45, 2.75) is 45.1 Å². The van der Waals surface area contributed by atoms with Crippen LogP contribution < -0.4 is 5.32 Å². The molecule has 1 aliphatic carbocycles. The summed E-state index contributed by atoms with van der Waals surface area (Å²) >= 11 is 0. The third-order valence-corrected chi connectivity index (χ3v) is 3.92. The van der Waals surface area contributed by atoms with E-state index >= 15 is 0 Å². The van der Waals surface area contributed by atoms with Crippen molar-refractivity contribution in [1.82, 2.24) is 5.32 Å². The first-order valence-corrected chi connectivity index (χ1v) is 6.89. The van der Waals surface area contributed by atoms with Gasteiger partial charge < -0.3 is 10.1 Å². The molecule has 92 valence electrons. The van der Waals surface area contributed by atoms with E-state index in [2.05, 4.69) is 24.4 Å². The van der Waals surface area contributed by atoms with Crippen molar-refractivity contribution in [3.05, 3.63) is 12.2 Å². The second kappa shape index (κ2) is 6.41. The van der Waals surface area contributed by atoms with Crippen molar-refractivity contribution >= 4 is 0 Å². The van der Waals surface area contributed by atoms with Crippen LogP contribution in [-0.4, -0.2) is 25.8 Å². The molecule has 3 unspecified atom stereocenters. The summed E-state index contributed by atoms with van der Waals surface area (Å²) in [5.41, 5.74) is 0. The minimum atomic E-state index is 0.512. The highest BCUT2D eigenvalue weighted by atomic mass is 16.5. The smallest absolute Gasteiger partial charge is 0.0646 e. The van der Waals surface area contributed by atoms with E-state index in [0.717, 1.165) is 31.5 Å². The van der Waals surface area contributed by atoms with Crippen LogP contribution in [0.4, 0.5) is 0 Å². The Hall–Kier alpha value is -0.340. The van der Waals surface area contributed by atoms with E-state index < -0.39 is 0 Å². The second-order valence-corrected chi connectivity index (χ2v) is 5.09. The van der Waals surface area contributed by atoms with Crippen LogP contribution in [0.15, 0.2) is 12.2 Å². The number of allylic oxidation sites excluding steroid dienone is 2. The van der Waals surface area contributed by atoms with Crippen molar-refractivity contribution in [2.75, 3.05) is 19.7 Å². The Bertz CT molecular complexity index is 227. The van der Waals surface area contributed by atoms with E-state index in [4.69, 9.17) is 4.74 Å². The third kappa shape index (κ3) is 3.08. The largest absolute Gasteiger partial charge is 0.378 e. The number of nitrogens with one attached hydrogen (secondary N) is 1. The summed E-state index contributed by atoms with van der Waals surface area (Å²) < 4.78 is 6.05. The van der Waals surface area contributed by atoms with Crippen molar-refractivity contribution < 1.29 is 4.74 Å². The van der Waals surface area contributed by atoms with Crippen LogP contribution in [0.5, 0.6) is 0 Å². The fourth-order valence-corrected chi connectivity index (χ4v) is 3.05. The predicted octanol–water partition coefficient (Wildman–Crippen LogP) is 2.75. The Morgan fingerprint density at radius 1 is 1.31 bits per heavy atom. The van der Waals surface area contributed by atoms with Crippen LogP contribution in [0.2, 0.25) is 0 Å². The Kier molecular flexibility index (Phi) is 4.86. The zero-order chi connectivity index (χ0) is 11.2. The van der Waals surface area contributed by atoms with E-state index in [1.54, 1.807) is 0 Å². The first-order valence-electron chi connectivity index (χ1n) is 6.89. The molecule has 16 heavy (non-hydrogen) atoms. The molecule has 0 bridgehead atoms. The lowest BCUT2D eigenvalue weighted by Crippen LogP contribution is -2.41. The highest BCUT2D eigenvalue weighted by Crippen LogP contribution is 2.32. The Labute approximate surface area is 99.4 Å². The van der Waals surface area contributed by atoms with Gasteiger partial charge in [-0.05, 0) is 50.5 Å². The van der Waals surface area contributed by atoms with Gasteiger partial charge in [-0.2, -0.15) is 0 Å². The lowest BCUT2D eigenvalue weighted by molar-refractivity contribution is -0.0616.